The highest BCUT2D eigenvalue weighted by molar-refractivity contribution is 7.18. The topological polar surface area (TPSA) is 46.1 Å². The largest absolute Gasteiger partial charge is 0.348 e. The minimum absolute atomic E-state index is 0.0479. The monoisotopic (exact) mass is 385 g/mol. The van der Waals surface area contributed by atoms with Crippen LogP contribution in [-0.2, 0) is 10.2 Å². The maximum absolute atomic E-state index is 13.2. The number of hydrogen-bond donors (Lipinski definition) is 0. The lowest BCUT2D eigenvalue weighted by Gasteiger charge is -2.34. The zero-order valence-electron chi connectivity index (χ0n) is 14.9. The van der Waals surface area contributed by atoms with E-state index in [2.05, 4.69) is 11.6 Å². The van der Waals surface area contributed by atoms with Crippen LogP contribution in [0.3, 0.4) is 0 Å². The SMILES string of the molecule is C=C[C@@](C)(c1cccc(Cl)n1)[C@@H](C(=O)N(C)C)c1nc2ccccc2s1. The van der Waals surface area contributed by atoms with Gasteiger partial charge in [0.15, 0.2) is 0 Å². The third kappa shape index (κ3) is 3.24. The predicted molar refractivity (Wildman–Crippen MR) is 108 cm³/mol. The Morgan fingerprint density at radius 1 is 1.23 bits per heavy atom. The summed E-state index contributed by atoms with van der Waals surface area (Å²) in [4.78, 5) is 24.0. The van der Waals surface area contributed by atoms with Crippen LogP contribution in [0.5, 0.6) is 0 Å². The molecule has 0 N–H and O–H groups in total. The number of allylic oxidation sites excluding steroid dienone is 1. The van der Waals surface area contributed by atoms with Crippen molar-refractivity contribution in [3.8, 4) is 0 Å². The number of pyridine rings is 1. The summed E-state index contributed by atoms with van der Waals surface area (Å²) in [5, 5.41) is 1.13. The number of benzene rings is 1. The Balaban J connectivity index is 2.22. The lowest BCUT2D eigenvalue weighted by Crippen LogP contribution is -2.40. The van der Waals surface area contributed by atoms with Crippen molar-refractivity contribution in [2.24, 2.45) is 0 Å². The Kier molecular flexibility index (Phi) is 5.12. The van der Waals surface area contributed by atoms with Crippen molar-refractivity contribution in [2.45, 2.75) is 18.3 Å². The second-order valence-electron chi connectivity index (χ2n) is 6.52. The van der Waals surface area contributed by atoms with Crippen molar-refractivity contribution in [2.75, 3.05) is 14.1 Å². The fraction of sp³-hybridized carbons (Fsp3) is 0.250. The molecule has 0 aliphatic rings. The van der Waals surface area contributed by atoms with E-state index >= 15 is 0 Å². The molecule has 4 nitrogen and oxygen atoms in total. The molecule has 0 aliphatic heterocycles. The number of likely N-dealkylation sites (N-methyl/N-ethyl adjacent to an activating group) is 1. The molecule has 0 saturated carbocycles. The van der Waals surface area contributed by atoms with Crippen LogP contribution in [-0.4, -0.2) is 34.9 Å². The Morgan fingerprint density at radius 2 is 1.96 bits per heavy atom. The molecule has 0 fully saturated rings. The first-order chi connectivity index (χ1) is 12.4. The highest BCUT2D eigenvalue weighted by atomic mass is 35.5. The van der Waals surface area contributed by atoms with Crippen LogP contribution < -0.4 is 0 Å². The summed E-state index contributed by atoms with van der Waals surface area (Å²) in [6, 6.07) is 13.3. The van der Waals surface area contributed by atoms with E-state index in [1.54, 1.807) is 31.1 Å². The average molecular weight is 386 g/mol. The molecule has 1 amide bonds. The predicted octanol–water partition coefficient (Wildman–Crippen LogP) is 4.66. The Bertz CT molecular complexity index is 935. The number of fused-ring (bicyclic) bond motifs is 1. The van der Waals surface area contributed by atoms with E-state index in [0.29, 0.717) is 10.8 Å². The van der Waals surface area contributed by atoms with E-state index in [9.17, 15) is 4.79 Å². The normalized spacial score (nSPS) is 14.6. The number of para-hydroxylation sites is 1. The molecule has 6 heteroatoms. The minimum atomic E-state index is -0.750. The Hall–Kier alpha value is -2.24. The molecular formula is C20H20ClN3OS. The van der Waals surface area contributed by atoms with E-state index < -0.39 is 11.3 Å². The number of hydrogen-bond acceptors (Lipinski definition) is 4. The highest BCUT2D eigenvalue weighted by Crippen LogP contribution is 2.43. The molecule has 0 unspecified atom stereocenters. The lowest BCUT2D eigenvalue weighted by molar-refractivity contribution is -0.131. The Morgan fingerprint density at radius 3 is 2.58 bits per heavy atom. The molecule has 2 heterocycles. The van der Waals surface area contributed by atoms with Gasteiger partial charge in [-0.2, -0.15) is 0 Å². The zero-order valence-corrected chi connectivity index (χ0v) is 16.5. The summed E-state index contributed by atoms with van der Waals surface area (Å²) in [7, 11) is 3.50. The van der Waals surface area contributed by atoms with Gasteiger partial charge in [0.25, 0.3) is 0 Å². The lowest BCUT2D eigenvalue weighted by atomic mass is 9.73. The van der Waals surface area contributed by atoms with Crippen molar-refractivity contribution < 1.29 is 4.79 Å². The molecule has 1 aromatic carbocycles. The quantitative estimate of drug-likeness (QED) is 0.474. The first-order valence-corrected chi connectivity index (χ1v) is 9.39. The van der Waals surface area contributed by atoms with Gasteiger partial charge in [-0.1, -0.05) is 35.9 Å². The first-order valence-electron chi connectivity index (χ1n) is 8.20. The van der Waals surface area contributed by atoms with Gasteiger partial charge in [-0.3, -0.25) is 4.79 Å². The number of halogens is 1. The number of carbonyl (C=O) groups excluding carboxylic acids is 1. The first kappa shape index (κ1) is 18.5. The minimum Gasteiger partial charge on any atom is -0.348 e. The summed E-state index contributed by atoms with van der Waals surface area (Å²) in [6.45, 7) is 5.96. The van der Waals surface area contributed by atoms with Crippen molar-refractivity contribution >= 4 is 39.1 Å². The summed E-state index contributed by atoms with van der Waals surface area (Å²) in [5.74, 6) is -0.591. The van der Waals surface area contributed by atoms with Crippen LogP contribution in [0.2, 0.25) is 5.15 Å². The second kappa shape index (κ2) is 7.17. The molecule has 0 aliphatic carbocycles. The smallest absolute Gasteiger partial charge is 0.233 e. The third-order valence-corrected chi connectivity index (χ3v) is 5.85. The highest BCUT2D eigenvalue weighted by Gasteiger charge is 2.43. The van der Waals surface area contributed by atoms with E-state index in [-0.39, 0.29) is 5.91 Å². The number of thiazole rings is 1. The van der Waals surface area contributed by atoms with Gasteiger partial charge in [0, 0.05) is 19.5 Å². The fourth-order valence-corrected chi connectivity index (χ4v) is 4.33. The Labute approximate surface area is 162 Å². The molecule has 0 saturated heterocycles. The van der Waals surface area contributed by atoms with E-state index in [4.69, 9.17) is 16.6 Å². The molecule has 26 heavy (non-hydrogen) atoms. The van der Waals surface area contributed by atoms with Crippen LogP contribution in [0.25, 0.3) is 10.2 Å². The van der Waals surface area contributed by atoms with Gasteiger partial charge in [0.1, 0.15) is 16.1 Å². The maximum Gasteiger partial charge on any atom is 0.233 e. The van der Waals surface area contributed by atoms with E-state index in [0.717, 1.165) is 15.2 Å². The van der Waals surface area contributed by atoms with Gasteiger partial charge in [0.2, 0.25) is 5.91 Å². The standard InChI is InChI=1S/C20H20ClN3OS/c1-5-20(2,15-11-8-12-16(21)23-15)17(19(25)24(3)4)18-22-13-9-6-7-10-14(13)26-18/h5-12,17H,1H2,2-4H3/t17-,20+/m1/s1. The molecule has 134 valence electrons. The van der Waals surface area contributed by atoms with Crippen molar-refractivity contribution in [3.05, 3.63) is 71.0 Å². The molecule has 2 atom stereocenters. The zero-order chi connectivity index (χ0) is 18.9. The molecule has 0 bridgehead atoms. The fourth-order valence-electron chi connectivity index (χ4n) is 2.97. The van der Waals surface area contributed by atoms with Crippen molar-refractivity contribution in [1.29, 1.82) is 0 Å². The van der Waals surface area contributed by atoms with Crippen molar-refractivity contribution in [3.63, 3.8) is 0 Å². The number of amides is 1. The van der Waals surface area contributed by atoms with Crippen LogP contribution >= 0.6 is 22.9 Å². The number of carbonyl (C=O) groups is 1. The van der Waals surface area contributed by atoms with Gasteiger partial charge < -0.3 is 4.90 Å². The van der Waals surface area contributed by atoms with Gasteiger partial charge >= 0.3 is 0 Å². The summed E-state index contributed by atoms with van der Waals surface area (Å²) >= 11 is 7.64. The van der Waals surface area contributed by atoms with Gasteiger partial charge in [-0.15, -0.1) is 17.9 Å². The van der Waals surface area contributed by atoms with Crippen LogP contribution in [0.4, 0.5) is 0 Å². The molecule has 3 rings (SSSR count). The van der Waals surface area contributed by atoms with Gasteiger partial charge in [-0.05, 0) is 31.2 Å². The van der Waals surface area contributed by atoms with Gasteiger partial charge in [0.05, 0.1) is 15.9 Å². The molecule has 3 aromatic rings. The average Bonchev–Trinajstić information content (AvgIpc) is 3.04. The van der Waals surface area contributed by atoms with E-state index in [1.165, 1.54) is 11.3 Å². The molecule has 2 aromatic heterocycles. The molecule has 0 spiro atoms. The van der Waals surface area contributed by atoms with Crippen LogP contribution in [0, 0.1) is 0 Å². The molecular weight excluding hydrogens is 366 g/mol. The van der Waals surface area contributed by atoms with Crippen molar-refractivity contribution in [1.82, 2.24) is 14.9 Å². The van der Waals surface area contributed by atoms with E-state index in [1.807, 2.05) is 43.3 Å². The number of nitrogens with zero attached hydrogens (tertiary/aromatic N) is 3. The summed E-state index contributed by atoms with van der Waals surface area (Å²) in [6.07, 6.45) is 1.77. The molecule has 0 radical (unpaired) electrons. The van der Waals surface area contributed by atoms with Gasteiger partial charge in [-0.25, -0.2) is 9.97 Å². The third-order valence-electron chi connectivity index (χ3n) is 4.54. The van der Waals surface area contributed by atoms with Crippen LogP contribution in [0.15, 0.2) is 55.1 Å². The number of rotatable bonds is 5. The summed E-state index contributed by atoms with van der Waals surface area (Å²) in [5.41, 5.74) is 0.828. The van der Waals surface area contributed by atoms with Crippen LogP contribution in [0.1, 0.15) is 23.5 Å². The maximum atomic E-state index is 13.2. The summed E-state index contributed by atoms with van der Waals surface area (Å²) < 4.78 is 1.05. The second-order valence-corrected chi connectivity index (χ2v) is 7.97. The number of aromatic nitrogens is 2.